The van der Waals surface area contributed by atoms with Crippen LogP contribution in [0.5, 0.6) is 0 Å². The molecule has 0 heteroatoms. The van der Waals surface area contributed by atoms with Crippen molar-refractivity contribution in [3.05, 3.63) is 12.2 Å². The Morgan fingerprint density at radius 1 is 0.909 bits per heavy atom. The summed E-state index contributed by atoms with van der Waals surface area (Å²) in [5, 5.41) is 0. The molecule has 0 aromatic heterocycles. The molecule has 0 saturated carbocycles. The molecule has 0 aromatic carbocycles. The summed E-state index contributed by atoms with van der Waals surface area (Å²) in [5.74, 6) is 0. The molecule has 0 unspecified atom stereocenters. The van der Waals surface area contributed by atoms with Gasteiger partial charge in [0.2, 0.25) is 0 Å². The van der Waals surface area contributed by atoms with E-state index in [1.54, 1.807) is 0 Å². The first kappa shape index (κ1) is 10.7. The third kappa shape index (κ3) is 9.74. The van der Waals surface area contributed by atoms with Crippen molar-refractivity contribution in [2.75, 3.05) is 0 Å². The molecule has 0 saturated heterocycles. The minimum atomic E-state index is 1.28. The second-order valence-electron chi connectivity index (χ2n) is 3.13. The first-order chi connectivity index (χ1) is 5.41. The van der Waals surface area contributed by atoms with Crippen molar-refractivity contribution in [2.24, 2.45) is 0 Å². The molecule has 11 heavy (non-hydrogen) atoms. The maximum atomic E-state index is 2.26. The van der Waals surface area contributed by atoms with Gasteiger partial charge in [0.05, 0.1) is 0 Å². The topological polar surface area (TPSA) is 0 Å². The standard InChI is InChI=1S/C11H22/c1-3-5-7-9-11-10-8-6-4-2/h3,5H,4,6-11H2,1-2H3/b5-3-. The summed E-state index contributed by atoms with van der Waals surface area (Å²) >= 11 is 0. The van der Waals surface area contributed by atoms with Crippen molar-refractivity contribution < 1.29 is 0 Å². The number of allylic oxidation sites excluding steroid dienone is 2. The normalized spacial score (nSPS) is 11.1. The van der Waals surface area contributed by atoms with E-state index in [-0.39, 0.29) is 0 Å². The Bertz CT molecular complexity index is 82.0. The molecule has 0 aromatic rings. The molecular formula is C11H22. The molecule has 0 nitrogen and oxygen atoms in total. The van der Waals surface area contributed by atoms with Crippen LogP contribution in [-0.4, -0.2) is 0 Å². The quantitative estimate of drug-likeness (QED) is 0.378. The van der Waals surface area contributed by atoms with Crippen molar-refractivity contribution in [1.29, 1.82) is 0 Å². The van der Waals surface area contributed by atoms with Gasteiger partial charge in [-0.15, -0.1) is 0 Å². The van der Waals surface area contributed by atoms with E-state index >= 15 is 0 Å². The summed E-state index contributed by atoms with van der Waals surface area (Å²) in [6.45, 7) is 4.36. The van der Waals surface area contributed by atoms with Gasteiger partial charge in [0.1, 0.15) is 0 Å². The minimum Gasteiger partial charge on any atom is -0.0917 e. The van der Waals surface area contributed by atoms with Crippen molar-refractivity contribution >= 4 is 0 Å². The highest BCUT2D eigenvalue weighted by molar-refractivity contribution is 4.76. The molecule has 0 amide bonds. The summed E-state index contributed by atoms with van der Waals surface area (Å²) in [5.41, 5.74) is 0. The molecule has 0 fully saturated rings. The molecule has 0 radical (unpaired) electrons. The van der Waals surface area contributed by atoms with E-state index in [2.05, 4.69) is 26.0 Å². The number of unbranched alkanes of at least 4 members (excludes halogenated alkanes) is 6. The van der Waals surface area contributed by atoms with Gasteiger partial charge in [-0.25, -0.2) is 0 Å². The lowest BCUT2D eigenvalue weighted by Crippen LogP contribution is -1.77. The van der Waals surface area contributed by atoms with Gasteiger partial charge in [-0.3, -0.25) is 0 Å². The summed E-state index contributed by atoms with van der Waals surface area (Å²) in [6.07, 6.45) is 14.1. The first-order valence-corrected chi connectivity index (χ1v) is 5.03. The van der Waals surface area contributed by atoms with Gasteiger partial charge in [-0.05, 0) is 19.8 Å². The van der Waals surface area contributed by atoms with Crippen LogP contribution in [0.1, 0.15) is 58.8 Å². The predicted octanol–water partition coefficient (Wildman–Crippen LogP) is 4.31. The molecular weight excluding hydrogens is 132 g/mol. The summed E-state index contributed by atoms with van der Waals surface area (Å²) in [4.78, 5) is 0. The zero-order valence-electron chi connectivity index (χ0n) is 8.10. The second-order valence-corrected chi connectivity index (χ2v) is 3.13. The van der Waals surface area contributed by atoms with Gasteiger partial charge in [-0.2, -0.15) is 0 Å². The van der Waals surface area contributed by atoms with E-state index in [4.69, 9.17) is 0 Å². The molecule has 0 aliphatic rings. The molecule has 0 aliphatic carbocycles. The largest absolute Gasteiger partial charge is 0.0917 e. The molecule has 0 bridgehead atoms. The van der Waals surface area contributed by atoms with E-state index in [0.29, 0.717) is 0 Å². The van der Waals surface area contributed by atoms with E-state index < -0.39 is 0 Å². The highest BCUT2D eigenvalue weighted by Crippen LogP contribution is 2.06. The van der Waals surface area contributed by atoms with Crippen LogP contribution in [0.2, 0.25) is 0 Å². The lowest BCUT2D eigenvalue weighted by molar-refractivity contribution is 0.611. The second kappa shape index (κ2) is 9.74. The van der Waals surface area contributed by atoms with Crippen LogP contribution in [-0.2, 0) is 0 Å². The summed E-state index contributed by atoms with van der Waals surface area (Å²) in [6, 6.07) is 0. The van der Waals surface area contributed by atoms with Crippen molar-refractivity contribution in [2.45, 2.75) is 58.8 Å². The first-order valence-electron chi connectivity index (χ1n) is 5.03. The fourth-order valence-electron chi connectivity index (χ4n) is 1.21. The molecule has 0 heterocycles. The third-order valence-corrected chi connectivity index (χ3v) is 1.96. The van der Waals surface area contributed by atoms with Gasteiger partial charge >= 0.3 is 0 Å². The van der Waals surface area contributed by atoms with Crippen LogP contribution < -0.4 is 0 Å². The SMILES string of the molecule is C/C=C\CCCCCCCC. The lowest BCUT2D eigenvalue weighted by atomic mass is 10.1. The van der Waals surface area contributed by atoms with Crippen LogP contribution in [0.25, 0.3) is 0 Å². The van der Waals surface area contributed by atoms with Crippen LogP contribution in [0.4, 0.5) is 0 Å². The fraction of sp³-hybridized carbons (Fsp3) is 0.818. The Morgan fingerprint density at radius 3 is 2.18 bits per heavy atom. The predicted molar refractivity (Wildman–Crippen MR) is 52.8 cm³/mol. The third-order valence-electron chi connectivity index (χ3n) is 1.96. The van der Waals surface area contributed by atoms with Crippen molar-refractivity contribution in [1.82, 2.24) is 0 Å². The lowest BCUT2D eigenvalue weighted by Gasteiger charge is -1.96. The Balaban J connectivity index is 2.79. The van der Waals surface area contributed by atoms with Crippen LogP contribution in [0.15, 0.2) is 12.2 Å². The maximum Gasteiger partial charge on any atom is -0.0351 e. The van der Waals surface area contributed by atoms with Gasteiger partial charge in [-0.1, -0.05) is 51.2 Å². The highest BCUT2D eigenvalue weighted by atomic mass is 13.9. The molecule has 0 N–H and O–H groups in total. The average Bonchev–Trinajstić information content (AvgIpc) is 2.03. The van der Waals surface area contributed by atoms with Gasteiger partial charge in [0, 0.05) is 0 Å². The van der Waals surface area contributed by atoms with E-state index in [9.17, 15) is 0 Å². The van der Waals surface area contributed by atoms with Crippen molar-refractivity contribution in [3.8, 4) is 0 Å². The summed E-state index contributed by atoms with van der Waals surface area (Å²) in [7, 11) is 0. The highest BCUT2D eigenvalue weighted by Gasteiger charge is 1.86. The van der Waals surface area contributed by atoms with Crippen molar-refractivity contribution in [3.63, 3.8) is 0 Å². The monoisotopic (exact) mass is 154 g/mol. The summed E-state index contributed by atoms with van der Waals surface area (Å²) < 4.78 is 0. The Morgan fingerprint density at radius 2 is 1.55 bits per heavy atom. The maximum absolute atomic E-state index is 2.26. The number of hydrogen-bond acceptors (Lipinski definition) is 0. The molecule has 0 rings (SSSR count). The van der Waals surface area contributed by atoms with Gasteiger partial charge < -0.3 is 0 Å². The zero-order chi connectivity index (χ0) is 8.36. The fourth-order valence-corrected chi connectivity index (χ4v) is 1.21. The minimum absolute atomic E-state index is 1.28. The zero-order valence-corrected chi connectivity index (χ0v) is 8.10. The van der Waals surface area contributed by atoms with Crippen LogP contribution >= 0.6 is 0 Å². The Hall–Kier alpha value is -0.260. The van der Waals surface area contributed by atoms with Crippen LogP contribution in [0, 0.1) is 0 Å². The smallest absolute Gasteiger partial charge is 0.0351 e. The van der Waals surface area contributed by atoms with Crippen LogP contribution in [0.3, 0.4) is 0 Å². The average molecular weight is 154 g/mol. The molecule has 0 aliphatic heterocycles. The molecule has 66 valence electrons. The van der Waals surface area contributed by atoms with E-state index in [0.717, 1.165) is 0 Å². The number of hydrogen-bond donors (Lipinski definition) is 0. The van der Waals surface area contributed by atoms with E-state index in [1.165, 1.54) is 44.9 Å². The van der Waals surface area contributed by atoms with Gasteiger partial charge in [0.15, 0.2) is 0 Å². The molecule has 0 atom stereocenters. The van der Waals surface area contributed by atoms with E-state index in [1.807, 2.05) is 0 Å². The number of rotatable bonds is 7. The Kier molecular flexibility index (Phi) is 9.51. The molecule has 0 spiro atoms. The Labute approximate surface area is 71.7 Å². The van der Waals surface area contributed by atoms with Gasteiger partial charge in [0.25, 0.3) is 0 Å².